The van der Waals surface area contributed by atoms with Crippen molar-refractivity contribution in [1.29, 1.82) is 5.26 Å². The van der Waals surface area contributed by atoms with Crippen LogP contribution in [0.25, 0.3) is 5.57 Å². The van der Waals surface area contributed by atoms with Crippen molar-refractivity contribution >= 4 is 16.7 Å². The van der Waals surface area contributed by atoms with Gasteiger partial charge in [0, 0.05) is 5.92 Å². The van der Waals surface area contributed by atoms with E-state index < -0.39 is 16.7 Å². The molecule has 1 aromatic rings. The van der Waals surface area contributed by atoms with Gasteiger partial charge >= 0.3 is 0 Å². The molecule has 2 aliphatic rings. The Morgan fingerprint density at radius 1 is 1.38 bits per heavy atom. The zero-order chi connectivity index (χ0) is 15.0. The summed E-state index contributed by atoms with van der Waals surface area (Å²) in [6.07, 6.45) is 3.73. The second-order valence-corrected chi connectivity index (χ2v) is 7.76. The van der Waals surface area contributed by atoms with Crippen LogP contribution in [-0.2, 0) is 15.3 Å². The molecular weight excluding hydrogens is 282 g/mol. The molecule has 0 radical (unpaired) electrons. The van der Waals surface area contributed by atoms with E-state index >= 15 is 0 Å². The maximum absolute atomic E-state index is 12.0. The van der Waals surface area contributed by atoms with E-state index in [-0.39, 0.29) is 11.2 Å². The van der Waals surface area contributed by atoms with Crippen LogP contribution >= 0.6 is 0 Å². The maximum atomic E-state index is 12.0. The molecule has 0 spiro atoms. The second-order valence-electron chi connectivity index (χ2n) is 6.13. The van der Waals surface area contributed by atoms with Crippen LogP contribution in [0.5, 0.6) is 0 Å². The second kappa shape index (κ2) is 5.40. The number of benzene rings is 1. The van der Waals surface area contributed by atoms with Gasteiger partial charge in [0.05, 0.1) is 11.3 Å². The third-order valence-electron chi connectivity index (χ3n) is 4.42. The van der Waals surface area contributed by atoms with Gasteiger partial charge in [0.25, 0.3) is 0 Å². The van der Waals surface area contributed by atoms with Crippen molar-refractivity contribution in [3.63, 3.8) is 0 Å². The zero-order valence-corrected chi connectivity index (χ0v) is 13.1. The number of nitrogens with zero attached hydrogens (tertiary/aromatic N) is 1. The molecule has 1 aromatic carbocycles. The van der Waals surface area contributed by atoms with Gasteiger partial charge in [0.2, 0.25) is 0 Å². The van der Waals surface area contributed by atoms with Crippen molar-refractivity contribution in [2.24, 2.45) is 11.8 Å². The molecule has 1 fully saturated rings. The quantitative estimate of drug-likeness (QED) is 0.855. The molecule has 0 aromatic heterocycles. The first kappa shape index (κ1) is 14.5. The molecule has 0 N–H and O–H groups in total. The largest absolute Gasteiger partial charge is 0.268 e. The molecule has 0 heterocycles. The monoisotopic (exact) mass is 301 g/mol. The Kier molecular flexibility index (Phi) is 3.73. The molecule has 110 valence electrons. The summed E-state index contributed by atoms with van der Waals surface area (Å²) in [5.74, 6) is 0.381. The smallest absolute Gasteiger partial charge is 0.178 e. The van der Waals surface area contributed by atoms with Crippen LogP contribution in [0.2, 0.25) is 0 Å². The number of hydrogen-bond acceptors (Lipinski definition) is 3. The van der Waals surface area contributed by atoms with Crippen LogP contribution in [0.3, 0.4) is 0 Å². The number of rotatable bonds is 4. The lowest BCUT2D eigenvalue weighted by molar-refractivity contribution is 0.119. The fourth-order valence-electron chi connectivity index (χ4n) is 3.34. The lowest BCUT2D eigenvalue weighted by Crippen LogP contribution is -2.38. The average molecular weight is 301 g/mol. The predicted molar refractivity (Wildman–Crippen MR) is 83.3 cm³/mol. The number of fused-ring (bicyclic) bond motifs is 2. The Labute approximate surface area is 128 Å². The first-order valence-electron chi connectivity index (χ1n) is 7.34. The molecule has 0 amide bonds. The van der Waals surface area contributed by atoms with Crippen LogP contribution in [0, 0.1) is 23.2 Å². The first-order valence-corrected chi connectivity index (χ1v) is 8.48. The molecule has 2 bridgehead atoms. The van der Waals surface area contributed by atoms with Gasteiger partial charge in [0.1, 0.15) is 0 Å². The Balaban J connectivity index is 1.86. The number of allylic oxidation sites excluding steroid dienone is 1. The maximum Gasteiger partial charge on any atom is 0.178 e. The summed E-state index contributed by atoms with van der Waals surface area (Å²) in [6.45, 7) is 3.69. The normalized spacial score (nSPS) is 32.0. The zero-order valence-electron chi connectivity index (χ0n) is 12.3. The molecule has 1 saturated carbocycles. The fourth-order valence-corrected chi connectivity index (χ4v) is 4.05. The molecule has 4 heteroatoms. The van der Waals surface area contributed by atoms with Gasteiger partial charge in [-0.25, -0.2) is 4.21 Å². The van der Waals surface area contributed by atoms with Gasteiger partial charge in [-0.3, -0.25) is 4.18 Å². The van der Waals surface area contributed by atoms with E-state index in [9.17, 15) is 9.47 Å². The number of hydrogen-bond donors (Lipinski definition) is 0. The first-order chi connectivity index (χ1) is 10.1. The molecule has 0 saturated heterocycles. The van der Waals surface area contributed by atoms with E-state index in [4.69, 9.17) is 4.18 Å². The summed E-state index contributed by atoms with van der Waals surface area (Å²) >= 11 is -1.41. The Morgan fingerprint density at radius 3 is 2.62 bits per heavy atom. The van der Waals surface area contributed by atoms with Gasteiger partial charge in [-0.05, 0) is 43.7 Å². The molecule has 3 nitrogen and oxygen atoms in total. The minimum atomic E-state index is -1.41. The highest BCUT2D eigenvalue weighted by atomic mass is 32.2. The fraction of sp³-hybridized carbons (Fsp3) is 0.471. The van der Waals surface area contributed by atoms with Crippen LogP contribution in [0.1, 0.15) is 32.3 Å². The molecule has 1 unspecified atom stereocenters. The van der Waals surface area contributed by atoms with Gasteiger partial charge in [-0.2, -0.15) is 5.26 Å². The van der Waals surface area contributed by atoms with Crippen LogP contribution < -0.4 is 0 Å². The third-order valence-corrected chi connectivity index (χ3v) is 5.65. The topological polar surface area (TPSA) is 50.1 Å². The summed E-state index contributed by atoms with van der Waals surface area (Å²) in [6, 6.07) is 12.6. The molecule has 3 rings (SSSR count). The highest BCUT2D eigenvalue weighted by molar-refractivity contribution is 7.80. The Hall–Kier alpha value is -1.44. The summed E-state index contributed by atoms with van der Waals surface area (Å²) < 4.78 is 17.7. The predicted octanol–water partition coefficient (Wildman–Crippen LogP) is 3.46. The lowest BCUT2D eigenvalue weighted by atomic mass is 9.84. The summed E-state index contributed by atoms with van der Waals surface area (Å²) in [7, 11) is 0. The van der Waals surface area contributed by atoms with Gasteiger partial charge in [-0.1, -0.05) is 36.4 Å². The summed E-state index contributed by atoms with van der Waals surface area (Å²) in [5, 5.41) is 9.50. The highest BCUT2D eigenvalue weighted by Gasteiger charge is 2.54. The van der Waals surface area contributed by atoms with E-state index in [0.29, 0.717) is 12.3 Å². The average Bonchev–Trinajstić information content (AvgIpc) is 3.06. The van der Waals surface area contributed by atoms with E-state index in [1.54, 1.807) is 0 Å². The van der Waals surface area contributed by atoms with E-state index in [1.807, 2.05) is 32.0 Å². The summed E-state index contributed by atoms with van der Waals surface area (Å²) in [5.41, 5.74) is 1.63. The molecule has 2 aliphatic carbocycles. The molecular formula is C17H19NO2S. The van der Waals surface area contributed by atoms with Gasteiger partial charge in [0.15, 0.2) is 16.7 Å². The minimum Gasteiger partial charge on any atom is -0.268 e. The van der Waals surface area contributed by atoms with Crippen molar-refractivity contribution in [2.45, 2.75) is 37.5 Å². The molecule has 0 aliphatic heterocycles. The van der Waals surface area contributed by atoms with Gasteiger partial charge in [-0.15, -0.1) is 0 Å². The van der Waals surface area contributed by atoms with Crippen molar-refractivity contribution in [1.82, 2.24) is 0 Å². The van der Waals surface area contributed by atoms with Crippen LogP contribution in [0.15, 0.2) is 36.4 Å². The molecule has 21 heavy (non-hydrogen) atoms. The van der Waals surface area contributed by atoms with Crippen LogP contribution in [-0.4, -0.2) is 15.1 Å². The molecule has 4 atom stereocenters. The SMILES string of the molecule is CC(C)S(=O)O[C@]1(C#N)C[C@H]2C[C@@H]1C=C2c1ccccc1. The highest BCUT2D eigenvalue weighted by Crippen LogP contribution is 2.54. The third kappa shape index (κ3) is 2.45. The standard InChI is InChI=1S/C17H19NO2S/c1-12(2)21(19)20-17(11-18)10-14-8-15(17)9-16(14)13-6-4-3-5-7-13/h3-7,9,12,14-15H,8,10H2,1-2H3/t14-,15-,17+,21?/m1/s1. The number of nitriles is 1. The lowest BCUT2D eigenvalue weighted by Gasteiger charge is -2.29. The van der Waals surface area contributed by atoms with Gasteiger partial charge < -0.3 is 0 Å². The van der Waals surface area contributed by atoms with Crippen molar-refractivity contribution in [2.75, 3.05) is 0 Å². The van der Waals surface area contributed by atoms with Crippen LogP contribution in [0.4, 0.5) is 0 Å². The Bertz CT molecular complexity index is 632. The summed E-state index contributed by atoms with van der Waals surface area (Å²) in [4.78, 5) is 0. The van der Waals surface area contributed by atoms with Crippen molar-refractivity contribution in [3.8, 4) is 6.07 Å². The van der Waals surface area contributed by atoms with Crippen molar-refractivity contribution in [3.05, 3.63) is 42.0 Å². The van der Waals surface area contributed by atoms with Crippen molar-refractivity contribution < 1.29 is 8.39 Å². The Morgan fingerprint density at radius 2 is 2.10 bits per heavy atom. The minimum absolute atomic E-state index is 0.0467. The van der Waals surface area contributed by atoms with E-state index in [2.05, 4.69) is 24.3 Å². The van der Waals surface area contributed by atoms with E-state index in [1.165, 1.54) is 11.1 Å². The van der Waals surface area contributed by atoms with E-state index in [0.717, 1.165) is 6.42 Å².